The fourth-order valence-corrected chi connectivity index (χ4v) is 2.47. The molecule has 0 aromatic rings. The molecular weight excluding hydrogens is 230 g/mol. The summed E-state index contributed by atoms with van der Waals surface area (Å²) in [5.74, 6) is 0.404. The molecule has 5 nitrogen and oxygen atoms in total. The van der Waals surface area contributed by atoms with Gasteiger partial charge in [0.2, 0.25) is 11.8 Å². The molecule has 1 aliphatic rings. The van der Waals surface area contributed by atoms with Gasteiger partial charge in [0.25, 0.3) is 0 Å². The summed E-state index contributed by atoms with van der Waals surface area (Å²) in [6, 6.07) is -0.509. The average molecular weight is 255 g/mol. The van der Waals surface area contributed by atoms with Crippen LogP contribution in [0.5, 0.6) is 0 Å². The molecule has 1 atom stereocenters. The van der Waals surface area contributed by atoms with Crippen molar-refractivity contribution in [3.05, 3.63) is 0 Å². The number of likely N-dealkylation sites (N-methyl/N-ethyl adjacent to an activating group) is 1. The number of carbonyl (C=O) groups excluding carboxylic acids is 2. The number of hydrogen-bond acceptors (Lipinski definition) is 3. The van der Waals surface area contributed by atoms with Crippen LogP contribution >= 0.6 is 0 Å². The van der Waals surface area contributed by atoms with Crippen LogP contribution in [0, 0.1) is 11.3 Å². The van der Waals surface area contributed by atoms with Crippen LogP contribution in [0.4, 0.5) is 0 Å². The molecule has 1 saturated carbocycles. The quantitative estimate of drug-likeness (QED) is 0.679. The van der Waals surface area contributed by atoms with Gasteiger partial charge in [-0.2, -0.15) is 0 Å². The van der Waals surface area contributed by atoms with E-state index in [1.54, 1.807) is 14.0 Å². The number of nitrogens with one attached hydrogen (secondary N) is 2. The second kappa shape index (κ2) is 6.18. The van der Waals surface area contributed by atoms with Crippen LogP contribution in [0.25, 0.3) is 0 Å². The molecule has 4 N–H and O–H groups in total. The zero-order valence-corrected chi connectivity index (χ0v) is 11.6. The van der Waals surface area contributed by atoms with Crippen molar-refractivity contribution in [2.45, 2.75) is 45.6 Å². The maximum atomic E-state index is 12.3. The highest BCUT2D eigenvalue weighted by Gasteiger charge is 2.40. The summed E-state index contributed by atoms with van der Waals surface area (Å²) in [6.07, 6.45) is 3.69. The van der Waals surface area contributed by atoms with Crippen molar-refractivity contribution >= 4 is 11.8 Å². The fraction of sp³-hybridized carbons (Fsp3) is 0.846. The summed E-state index contributed by atoms with van der Waals surface area (Å²) < 4.78 is 0. The molecule has 0 radical (unpaired) electrons. The van der Waals surface area contributed by atoms with E-state index >= 15 is 0 Å². The van der Waals surface area contributed by atoms with Gasteiger partial charge < -0.3 is 16.4 Å². The largest absolute Gasteiger partial charge is 0.357 e. The van der Waals surface area contributed by atoms with Crippen molar-refractivity contribution in [2.75, 3.05) is 13.6 Å². The molecule has 0 aromatic heterocycles. The van der Waals surface area contributed by atoms with E-state index in [-0.39, 0.29) is 11.8 Å². The smallest absolute Gasteiger partial charge is 0.242 e. The van der Waals surface area contributed by atoms with E-state index in [0.29, 0.717) is 12.5 Å². The van der Waals surface area contributed by atoms with Gasteiger partial charge in [0.1, 0.15) is 6.04 Å². The second-order valence-corrected chi connectivity index (χ2v) is 5.48. The third-order valence-electron chi connectivity index (χ3n) is 4.09. The van der Waals surface area contributed by atoms with Crippen LogP contribution < -0.4 is 16.4 Å². The van der Waals surface area contributed by atoms with Crippen LogP contribution in [0.2, 0.25) is 0 Å². The molecule has 0 heterocycles. The summed E-state index contributed by atoms with van der Waals surface area (Å²) >= 11 is 0. The van der Waals surface area contributed by atoms with Gasteiger partial charge in [-0.25, -0.2) is 0 Å². The number of rotatable bonds is 4. The van der Waals surface area contributed by atoms with Crippen molar-refractivity contribution < 1.29 is 9.59 Å². The highest BCUT2D eigenvalue weighted by molar-refractivity contribution is 5.89. The molecule has 0 aromatic carbocycles. The van der Waals surface area contributed by atoms with Crippen molar-refractivity contribution in [3.8, 4) is 0 Å². The SMILES string of the molecule is CNC(=O)C(C)NC(=O)C1(CN)CCC(C)CC1. The molecule has 104 valence electrons. The minimum absolute atomic E-state index is 0.0759. The molecule has 18 heavy (non-hydrogen) atoms. The highest BCUT2D eigenvalue weighted by atomic mass is 16.2. The minimum atomic E-state index is -0.509. The number of amides is 2. The van der Waals surface area contributed by atoms with Gasteiger partial charge in [-0.1, -0.05) is 6.92 Å². The third kappa shape index (κ3) is 3.22. The second-order valence-electron chi connectivity index (χ2n) is 5.48. The molecule has 0 aliphatic heterocycles. The lowest BCUT2D eigenvalue weighted by Gasteiger charge is -2.37. The van der Waals surface area contributed by atoms with Crippen LogP contribution in [0.15, 0.2) is 0 Å². The molecule has 0 spiro atoms. The molecule has 5 heteroatoms. The molecule has 1 aliphatic carbocycles. The minimum Gasteiger partial charge on any atom is -0.357 e. The maximum Gasteiger partial charge on any atom is 0.242 e. The standard InChI is InChI=1S/C13H25N3O2/c1-9-4-6-13(8-14,7-5-9)12(18)16-10(2)11(17)15-3/h9-10H,4-8,14H2,1-3H3,(H,15,17)(H,16,18). The van der Waals surface area contributed by atoms with E-state index < -0.39 is 11.5 Å². The lowest BCUT2D eigenvalue weighted by atomic mass is 9.70. The van der Waals surface area contributed by atoms with Gasteiger partial charge in [-0.15, -0.1) is 0 Å². The van der Waals surface area contributed by atoms with Crippen LogP contribution in [0.1, 0.15) is 39.5 Å². The first-order valence-electron chi connectivity index (χ1n) is 6.68. The van der Waals surface area contributed by atoms with Crippen LogP contribution in [0.3, 0.4) is 0 Å². The van der Waals surface area contributed by atoms with Gasteiger partial charge in [0.15, 0.2) is 0 Å². The number of nitrogens with two attached hydrogens (primary N) is 1. The van der Waals surface area contributed by atoms with E-state index in [4.69, 9.17) is 5.73 Å². The lowest BCUT2D eigenvalue weighted by Crippen LogP contribution is -2.53. The summed E-state index contributed by atoms with van der Waals surface area (Å²) in [5.41, 5.74) is 5.33. The Labute approximate surface area is 109 Å². The van der Waals surface area contributed by atoms with Gasteiger partial charge >= 0.3 is 0 Å². The Bertz CT molecular complexity index is 309. The Morgan fingerprint density at radius 2 is 1.94 bits per heavy atom. The van der Waals surface area contributed by atoms with Gasteiger partial charge in [0.05, 0.1) is 5.41 Å². The lowest BCUT2D eigenvalue weighted by molar-refractivity contribution is -0.136. The monoisotopic (exact) mass is 255 g/mol. The summed E-state index contributed by atoms with van der Waals surface area (Å²) in [7, 11) is 1.56. The van der Waals surface area contributed by atoms with Gasteiger partial charge in [-0.3, -0.25) is 9.59 Å². The first-order chi connectivity index (χ1) is 8.45. The van der Waals surface area contributed by atoms with E-state index in [1.807, 2.05) is 0 Å². The molecule has 0 bridgehead atoms. The molecular formula is C13H25N3O2. The highest BCUT2D eigenvalue weighted by Crippen LogP contribution is 2.38. The third-order valence-corrected chi connectivity index (χ3v) is 4.09. The van der Waals surface area contributed by atoms with Crippen molar-refractivity contribution in [1.82, 2.24) is 10.6 Å². The summed E-state index contributed by atoms with van der Waals surface area (Å²) in [4.78, 5) is 23.7. The Hall–Kier alpha value is -1.10. The first-order valence-corrected chi connectivity index (χ1v) is 6.68. The maximum absolute atomic E-state index is 12.3. The van der Waals surface area contributed by atoms with E-state index in [9.17, 15) is 9.59 Å². The Morgan fingerprint density at radius 1 is 1.39 bits per heavy atom. The zero-order valence-electron chi connectivity index (χ0n) is 11.6. The van der Waals surface area contributed by atoms with E-state index in [2.05, 4.69) is 17.6 Å². The Balaban J connectivity index is 2.65. The summed E-state index contributed by atoms with van der Waals surface area (Å²) in [5, 5.41) is 5.30. The predicted octanol–water partition coefficient (Wildman–Crippen LogP) is 0.392. The molecule has 2 amide bonds. The number of hydrogen-bond donors (Lipinski definition) is 3. The number of carbonyl (C=O) groups is 2. The van der Waals surface area contributed by atoms with Gasteiger partial charge in [-0.05, 0) is 38.5 Å². The summed E-state index contributed by atoms with van der Waals surface area (Å²) in [6.45, 7) is 4.24. The topological polar surface area (TPSA) is 84.2 Å². The van der Waals surface area contributed by atoms with Crippen molar-refractivity contribution in [1.29, 1.82) is 0 Å². The van der Waals surface area contributed by atoms with E-state index in [1.165, 1.54) is 0 Å². The average Bonchev–Trinajstić information content (AvgIpc) is 2.38. The van der Waals surface area contributed by atoms with Gasteiger partial charge in [0, 0.05) is 13.6 Å². The normalized spacial score (nSPS) is 29.4. The predicted molar refractivity (Wildman–Crippen MR) is 70.8 cm³/mol. The van der Waals surface area contributed by atoms with Crippen molar-refractivity contribution in [3.63, 3.8) is 0 Å². The molecule has 1 rings (SSSR count). The zero-order chi connectivity index (χ0) is 13.8. The molecule has 0 saturated heterocycles. The van der Waals surface area contributed by atoms with Crippen LogP contribution in [-0.4, -0.2) is 31.4 Å². The Morgan fingerprint density at radius 3 is 2.39 bits per heavy atom. The fourth-order valence-electron chi connectivity index (χ4n) is 2.47. The molecule has 1 unspecified atom stereocenters. The van der Waals surface area contributed by atoms with E-state index in [0.717, 1.165) is 25.7 Å². The Kier molecular flexibility index (Phi) is 5.14. The van der Waals surface area contributed by atoms with Crippen LogP contribution in [-0.2, 0) is 9.59 Å². The van der Waals surface area contributed by atoms with Crippen molar-refractivity contribution in [2.24, 2.45) is 17.1 Å². The first kappa shape index (κ1) is 15.0. The molecule has 1 fully saturated rings.